The van der Waals surface area contributed by atoms with Crippen LogP contribution in [-0.4, -0.2) is 22.8 Å². The van der Waals surface area contributed by atoms with Crippen LogP contribution >= 0.6 is 31.9 Å². The van der Waals surface area contributed by atoms with E-state index in [9.17, 15) is 4.79 Å². The summed E-state index contributed by atoms with van der Waals surface area (Å²) < 4.78 is 5.23. The Morgan fingerprint density at radius 2 is 2.06 bits per heavy atom. The van der Waals surface area contributed by atoms with Crippen LogP contribution in [0.25, 0.3) is 0 Å². The molecule has 0 radical (unpaired) electrons. The van der Waals surface area contributed by atoms with Crippen molar-refractivity contribution in [2.45, 2.75) is 15.8 Å². The van der Waals surface area contributed by atoms with Gasteiger partial charge in [-0.25, -0.2) is 4.79 Å². The van der Waals surface area contributed by atoms with Crippen LogP contribution in [0.4, 0.5) is 0 Å². The number of hydrogen-bond acceptors (Lipinski definition) is 2. The summed E-state index contributed by atoms with van der Waals surface area (Å²) >= 11 is 6.35. The van der Waals surface area contributed by atoms with E-state index in [0.717, 1.165) is 25.1 Å². The fraction of sp³-hybridized carbons (Fsp3) is 0.417. The van der Waals surface area contributed by atoms with Gasteiger partial charge in [0.2, 0.25) is 0 Å². The van der Waals surface area contributed by atoms with Crippen molar-refractivity contribution in [3.05, 3.63) is 35.9 Å². The molecule has 1 aromatic carbocycles. The molecule has 1 fully saturated rings. The maximum atomic E-state index is 11.7. The van der Waals surface area contributed by atoms with Crippen LogP contribution in [-0.2, 0) is 15.1 Å². The molecule has 1 saturated heterocycles. The van der Waals surface area contributed by atoms with Crippen LogP contribution in [0.2, 0.25) is 0 Å². The molecule has 17 heavy (non-hydrogen) atoms. The summed E-state index contributed by atoms with van der Waals surface area (Å²) in [4.78, 5) is 11.7. The van der Waals surface area contributed by atoms with Crippen molar-refractivity contribution in [2.75, 3.05) is 13.1 Å². The molecule has 92 valence electrons. The number of alkyl halides is 2. The molecular weight excluding hydrogens is 350 g/mol. The fourth-order valence-electron chi connectivity index (χ4n) is 2.17. The molecule has 2 N–H and O–H groups in total. The molecule has 2 rings (SSSR count). The summed E-state index contributed by atoms with van der Waals surface area (Å²) in [7, 11) is 0. The van der Waals surface area contributed by atoms with Crippen molar-refractivity contribution < 1.29 is 14.8 Å². The van der Waals surface area contributed by atoms with Crippen LogP contribution in [0.15, 0.2) is 30.3 Å². The SMILES string of the molecule is O=C(OC1(c2ccccc2)CC[NH2+]C1)C(Br)Br. The number of benzene rings is 1. The lowest BCUT2D eigenvalue weighted by molar-refractivity contribution is -0.641. The van der Waals surface area contributed by atoms with Crippen LogP contribution < -0.4 is 5.32 Å². The first-order chi connectivity index (χ1) is 8.14. The Hall–Kier alpha value is -0.390. The Labute approximate surface area is 117 Å². The van der Waals surface area contributed by atoms with Gasteiger partial charge in [-0.15, -0.1) is 0 Å². The lowest BCUT2D eigenvalue weighted by Crippen LogP contribution is -2.82. The topological polar surface area (TPSA) is 42.9 Å². The minimum absolute atomic E-state index is 0.274. The number of quaternary nitrogens is 1. The van der Waals surface area contributed by atoms with Gasteiger partial charge in [-0.3, -0.25) is 0 Å². The third-order valence-electron chi connectivity index (χ3n) is 3.00. The Morgan fingerprint density at radius 1 is 1.35 bits per heavy atom. The van der Waals surface area contributed by atoms with E-state index in [0.29, 0.717) is 0 Å². The molecule has 0 aromatic heterocycles. The number of carbonyl (C=O) groups excluding carboxylic acids is 1. The van der Waals surface area contributed by atoms with Crippen LogP contribution in [0.1, 0.15) is 12.0 Å². The first-order valence-corrected chi connectivity index (χ1v) is 7.35. The smallest absolute Gasteiger partial charge is 0.331 e. The van der Waals surface area contributed by atoms with Gasteiger partial charge in [0.25, 0.3) is 0 Å². The number of hydrogen-bond donors (Lipinski definition) is 1. The molecule has 0 bridgehead atoms. The summed E-state index contributed by atoms with van der Waals surface area (Å²) in [6, 6.07) is 9.95. The van der Waals surface area contributed by atoms with Crippen molar-refractivity contribution in [1.82, 2.24) is 0 Å². The van der Waals surface area contributed by atoms with Crippen molar-refractivity contribution in [3.8, 4) is 0 Å². The standard InChI is InChI=1S/C12H13Br2NO2/c13-10(14)11(16)17-12(6-7-15-8-12)9-4-2-1-3-5-9/h1-5,10,15H,6-8H2/p+1. The van der Waals surface area contributed by atoms with E-state index < -0.39 is 9.34 Å². The van der Waals surface area contributed by atoms with Crippen molar-refractivity contribution in [3.63, 3.8) is 0 Å². The highest BCUT2D eigenvalue weighted by Crippen LogP contribution is 2.31. The first-order valence-electron chi connectivity index (χ1n) is 5.52. The molecule has 1 aliphatic heterocycles. The molecule has 1 aromatic rings. The van der Waals surface area contributed by atoms with Gasteiger partial charge in [0.05, 0.1) is 6.54 Å². The quantitative estimate of drug-likeness (QED) is 0.653. The molecule has 5 heteroatoms. The van der Waals surface area contributed by atoms with E-state index in [-0.39, 0.29) is 5.97 Å². The molecule has 0 aliphatic carbocycles. The van der Waals surface area contributed by atoms with Crippen molar-refractivity contribution in [2.24, 2.45) is 0 Å². The lowest BCUT2D eigenvalue weighted by Gasteiger charge is -2.26. The minimum Gasteiger partial charge on any atom is -0.446 e. The second-order valence-corrected chi connectivity index (χ2v) is 7.17. The Bertz CT molecular complexity index is 389. The van der Waals surface area contributed by atoms with E-state index in [2.05, 4.69) is 37.2 Å². The van der Waals surface area contributed by atoms with Gasteiger partial charge in [0.15, 0.2) is 9.34 Å². The molecule has 1 aliphatic rings. The summed E-state index contributed by atoms with van der Waals surface area (Å²) in [6.07, 6.45) is 0.857. The number of esters is 1. The largest absolute Gasteiger partial charge is 0.446 e. The predicted octanol–water partition coefficient (Wildman–Crippen LogP) is 1.51. The third-order valence-corrected chi connectivity index (χ3v) is 3.75. The van der Waals surface area contributed by atoms with Gasteiger partial charge in [0.1, 0.15) is 6.54 Å². The normalized spacial score (nSPS) is 23.9. The van der Waals surface area contributed by atoms with E-state index in [1.807, 2.05) is 30.3 Å². The molecule has 0 spiro atoms. The van der Waals surface area contributed by atoms with E-state index >= 15 is 0 Å². The van der Waals surface area contributed by atoms with Gasteiger partial charge in [-0.1, -0.05) is 62.2 Å². The molecule has 0 saturated carbocycles. The van der Waals surface area contributed by atoms with E-state index in [1.54, 1.807) is 0 Å². The monoisotopic (exact) mass is 362 g/mol. The summed E-state index contributed by atoms with van der Waals surface area (Å²) in [6.45, 7) is 1.77. The lowest BCUT2D eigenvalue weighted by atomic mass is 9.93. The third kappa shape index (κ3) is 2.89. The average Bonchev–Trinajstić information content (AvgIpc) is 2.80. The second-order valence-electron chi connectivity index (χ2n) is 4.11. The second kappa shape index (κ2) is 5.50. The molecule has 3 nitrogen and oxygen atoms in total. The first kappa shape index (κ1) is 13.1. The number of rotatable bonds is 3. The van der Waals surface area contributed by atoms with Gasteiger partial charge in [-0.05, 0) is 0 Å². The summed E-state index contributed by atoms with van der Waals surface area (Å²) in [5.41, 5.74) is 0.598. The number of ether oxygens (including phenoxy) is 1. The number of halogens is 2. The van der Waals surface area contributed by atoms with E-state index in [4.69, 9.17) is 4.74 Å². The predicted molar refractivity (Wildman–Crippen MR) is 72.1 cm³/mol. The fourth-order valence-corrected chi connectivity index (χ4v) is 2.35. The van der Waals surface area contributed by atoms with Gasteiger partial charge < -0.3 is 10.1 Å². The Balaban J connectivity index is 2.24. The molecule has 1 heterocycles. The van der Waals surface area contributed by atoms with Gasteiger partial charge >= 0.3 is 5.97 Å². The van der Waals surface area contributed by atoms with Crippen LogP contribution in [0.5, 0.6) is 0 Å². The van der Waals surface area contributed by atoms with Crippen molar-refractivity contribution in [1.29, 1.82) is 0 Å². The Kier molecular flexibility index (Phi) is 4.22. The highest BCUT2D eigenvalue weighted by atomic mass is 79.9. The van der Waals surface area contributed by atoms with Gasteiger partial charge in [0, 0.05) is 12.0 Å². The average molecular weight is 364 g/mol. The maximum Gasteiger partial charge on any atom is 0.331 e. The molecular formula is C12H14Br2NO2+. The van der Waals surface area contributed by atoms with E-state index in [1.165, 1.54) is 0 Å². The highest BCUT2D eigenvalue weighted by Gasteiger charge is 2.43. The van der Waals surface area contributed by atoms with Crippen LogP contribution in [0, 0.1) is 0 Å². The summed E-state index contributed by atoms with van der Waals surface area (Å²) in [5.74, 6) is -0.274. The molecule has 1 unspecified atom stereocenters. The number of nitrogens with two attached hydrogens (primary N) is 1. The zero-order valence-electron chi connectivity index (χ0n) is 9.24. The highest BCUT2D eigenvalue weighted by molar-refractivity contribution is 9.25. The zero-order chi connectivity index (χ0) is 12.3. The van der Waals surface area contributed by atoms with Crippen LogP contribution in [0.3, 0.4) is 0 Å². The molecule has 0 amide bonds. The zero-order valence-corrected chi connectivity index (χ0v) is 12.4. The molecule has 1 atom stereocenters. The number of carbonyl (C=O) groups is 1. The minimum atomic E-state index is -0.474. The Morgan fingerprint density at radius 3 is 2.59 bits per heavy atom. The van der Waals surface area contributed by atoms with Crippen molar-refractivity contribution >= 4 is 37.8 Å². The van der Waals surface area contributed by atoms with Gasteiger partial charge in [-0.2, -0.15) is 0 Å². The summed E-state index contributed by atoms with van der Waals surface area (Å²) in [5, 5.41) is 2.18. The maximum absolute atomic E-state index is 11.7.